The summed E-state index contributed by atoms with van der Waals surface area (Å²) in [5.74, 6) is -9.55. The molecule has 2 aromatic carbocycles. The number of carbonyl (C=O) groups is 8. The Balaban J connectivity index is 0.000000281. The monoisotopic (exact) mass is 1060 g/mol. The van der Waals surface area contributed by atoms with Gasteiger partial charge in [-0.15, -0.1) is 0 Å². The molecule has 6 rings (SSSR count). The molecule has 2 saturated heterocycles. The number of ether oxygens (including phenoxy) is 8. The number of esters is 6. The average Bonchev–Trinajstić information content (AvgIpc) is 3.46. The quantitative estimate of drug-likeness (QED) is 0.0893. The summed E-state index contributed by atoms with van der Waals surface area (Å²) in [6, 6.07) is 18.1. The number of nitrogens with zero attached hydrogens (tertiary/aromatic N) is 2. The zero-order valence-electron chi connectivity index (χ0n) is 43.4. The number of cyclic esters (lactones) is 4. The molecule has 408 valence electrons. The Morgan fingerprint density at radius 2 is 1.04 bits per heavy atom. The number of aromatic hydroxyl groups is 2. The molecule has 2 aromatic heterocycles. The number of rotatable bonds is 16. The van der Waals surface area contributed by atoms with Gasteiger partial charge >= 0.3 is 35.8 Å². The third-order valence-electron chi connectivity index (χ3n) is 12.2. The van der Waals surface area contributed by atoms with Crippen LogP contribution in [0.1, 0.15) is 86.5 Å². The van der Waals surface area contributed by atoms with Crippen molar-refractivity contribution in [3.63, 3.8) is 0 Å². The van der Waals surface area contributed by atoms with E-state index in [0.29, 0.717) is 6.42 Å². The van der Waals surface area contributed by atoms with E-state index in [1.165, 1.54) is 52.6 Å². The van der Waals surface area contributed by atoms with Crippen LogP contribution in [-0.2, 0) is 70.0 Å². The van der Waals surface area contributed by atoms with E-state index in [9.17, 15) is 48.6 Å². The molecule has 76 heavy (non-hydrogen) atoms. The molecule has 4 heterocycles. The molecule has 0 saturated carbocycles. The summed E-state index contributed by atoms with van der Waals surface area (Å²) >= 11 is 0. The maximum Gasteiger partial charge on any atom is 0.332 e. The predicted octanol–water partition coefficient (Wildman–Crippen LogP) is 4.40. The lowest BCUT2D eigenvalue weighted by atomic mass is 9.91. The summed E-state index contributed by atoms with van der Waals surface area (Å²) in [5.41, 5.74) is 0.806. The first-order valence-corrected chi connectivity index (χ1v) is 24.5. The van der Waals surface area contributed by atoms with E-state index in [1.54, 1.807) is 6.92 Å². The SMILES string of the molecule is CCC(C)C(=O)OC1C(C)OC(=O)C(NC(=O)c2nccc(OC)c2O)COC(=O)C1Cc1ccccc1.COc1ccnc(C(=O)NC2COC(=O)C(Cc3ccccc3)C(OC(=O)CC(C)C)C(C)OC2=O)c1O. The topological polar surface area (TPSA) is 301 Å². The molecule has 2 aliphatic rings. The van der Waals surface area contributed by atoms with Gasteiger partial charge in [0.1, 0.15) is 37.3 Å². The van der Waals surface area contributed by atoms with Gasteiger partial charge in [0, 0.05) is 30.9 Å². The second-order valence-electron chi connectivity index (χ2n) is 18.4. The molecule has 4 N–H and O–H groups in total. The summed E-state index contributed by atoms with van der Waals surface area (Å²) in [6.45, 7) is 9.17. The fourth-order valence-corrected chi connectivity index (χ4v) is 7.90. The van der Waals surface area contributed by atoms with E-state index in [1.807, 2.05) is 81.4 Å². The van der Waals surface area contributed by atoms with Gasteiger partial charge in [-0.05, 0) is 50.2 Å². The Morgan fingerprint density at radius 3 is 1.42 bits per heavy atom. The first-order valence-electron chi connectivity index (χ1n) is 24.5. The highest BCUT2D eigenvalue weighted by Gasteiger charge is 2.44. The van der Waals surface area contributed by atoms with Gasteiger partial charge < -0.3 is 58.7 Å². The van der Waals surface area contributed by atoms with Crippen molar-refractivity contribution in [1.82, 2.24) is 20.6 Å². The average molecular weight is 1060 g/mol. The van der Waals surface area contributed by atoms with Crippen molar-refractivity contribution in [3.05, 3.63) is 108 Å². The molecule has 9 atom stereocenters. The van der Waals surface area contributed by atoms with Crippen molar-refractivity contribution in [3.8, 4) is 23.0 Å². The van der Waals surface area contributed by atoms with Crippen molar-refractivity contribution in [2.75, 3.05) is 27.4 Å². The lowest BCUT2D eigenvalue weighted by molar-refractivity contribution is -0.177. The highest BCUT2D eigenvalue weighted by Crippen LogP contribution is 2.30. The summed E-state index contributed by atoms with van der Waals surface area (Å²) in [5, 5.41) is 25.3. The van der Waals surface area contributed by atoms with Crippen LogP contribution in [0.25, 0.3) is 0 Å². The summed E-state index contributed by atoms with van der Waals surface area (Å²) in [4.78, 5) is 111. The summed E-state index contributed by atoms with van der Waals surface area (Å²) in [7, 11) is 2.62. The zero-order chi connectivity index (χ0) is 55.6. The Hall–Kier alpha value is -8.30. The molecule has 4 aromatic rings. The van der Waals surface area contributed by atoms with Gasteiger partial charge in [0.05, 0.1) is 20.1 Å². The molecule has 2 fully saturated rings. The first-order chi connectivity index (χ1) is 36.3. The Labute approximate surface area is 439 Å². The molecular formula is C54H64N4O18. The number of pyridine rings is 2. The number of methoxy groups -OCH3 is 2. The van der Waals surface area contributed by atoms with Crippen LogP contribution in [0.2, 0.25) is 0 Å². The fourth-order valence-electron chi connectivity index (χ4n) is 7.90. The third kappa shape index (κ3) is 15.9. The molecule has 0 bridgehead atoms. The summed E-state index contributed by atoms with van der Waals surface area (Å²) in [6.07, 6.45) is -0.880. The molecule has 0 radical (unpaired) electrons. The Bertz CT molecular complexity index is 2670. The van der Waals surface area contributed by atoms with Crippen LogP contribution in [0.15, 0.2) is 85.2 Å². The zero-order valence-corrected chi connectivity index (χ0v) is 43.4. The normalized spacial score (nSPS) is 22.2. The van der Waals surface area contributed by atoms with Gasteiger partial charge in [0.15, 0.2) is 58.7 Å². The van der Waals surface area contributed by atoms with E-state index in [2.05, 4.69) is 20.6 Å². The third-order valence-corrected chi connectivity index (χ3v) is 12.2. The van der Waals surface area contributed by atoms with Crippen LogP contribution in [0.4, 0.5) is 0 Å². The minimum Gasteiger partial charge on any atom is -0.503 e. The smallest absolute Gasteiger partial charge is 0.332 e. The maximum absolute atomic E-state index is 13.3. The van der Waals surface area contributed by atoms with Gasteiger partial charge in [-0.3, -0.25) is 28.8 Å². The Kier molecular flexibility index (Phi) is 21.5. The standard InChI is InChI=1S/2C27H32N2O9/c1-15(2)12-21(30)38-24-16(3)37-27(34)19(29-25(32)22-23(31)20(35-4)10-11-28-22)14-36-26(33)18(24)13-17-8-6-5-7-9-17;1-5-15(2)25(32)38-23-16(3)37-27(34)19(29-24(31)21-22(30)20(35-4)11-12-28-21)14-36-26(33)18(23)13-17-9-7-6-8-10-17/h5-11,15-16,18-19,24,31H,12-14H2,1-4H3,(H,29,32);6-12,15-16,18-19,23,30H,5,13-14H2,1-4H3,(H,29,31). The van der Waals surface area contributed by atoms with Crippen LogP contribution in [-0.4, -0.2) is 132 Å². The maximum atomic E-state index is 13.3. The predicted molar refractivity (Wildman–Crippen MR) is 266 cm³/mol. The second kappa shape index (κ2) is 27.8. The van der Waals surface area contributed by atoms with Crippen LogP contribution in [0.3, 0.4) is 0 Å². The number of hydrogen-bond acceptors (Lipinski definition) is 20. The van der Waals surface area contributed by atoms with Crippen molar-refractivity contribution >= 4 is 47.6 Å². The van der Waals surface area contributed by atoms with Gasteiger partial charge in [0.25, 0.3) is 11.8 Å². The van der Waals surface area contributed by atoms with Crippen LogP contribution >= 0.6 is 0 Å². The van der Waals surface area contributed by atoms with Crippen LogP contribution < -0.4 is 20.1 Å². The van der Waals surface area contributed by atoms with E-state index in [4.69, 9.17) is 37.9 Å². The molecule has 22 heteroatoms. The minimum atomic E-state index is -1.41. The van der Waals surface area contributed by atoms with E-state index >= 15 is 0 Å². The molecular weight excluding hydrogens is 993 g/mol. The second-order valence-corrected chi connectivity index (χ2v) is 18.4. The highest BCUT2D eigenvalue weighted by molar-refractivity contribution is 5.99. The van der Waals surface area contributed by atoms with Crippen molar-refractivity contribution in [2.24, 2.45) is 23.7 Å². The molecule has 22 nitrogen and oxygen atoms in total. The molecule has 2 amide bonds. The van der Waals surface area contributed by atoms with Crippen LogP contribution in [0, 0.1) is 23.7 Å². The highest BCUT2D eigenvalue weighted by atomic mass is 16.6. The van der Waals surface area contributed by atoms with Crippen molar-refractivity contribution in [1.29, 1.82) is 0 Å². The number of nitrogens with one attached hydrogen (secondary N) is 2. The molecule has 9 unspecified atom stereocenters. The number of carbonyl (C=O) groups excluding carboxylic acids is 8. The van der Waals surface area contributed by atoms with Gasteiger partial charge in [-0.1, -0.05) is 88.4 Å². The van der Waals surface area contributed by atoms with E-state index < -0.39 is 132 Å². The fraction of sp³-hybridized carbons (Fsp3) is 0.444. The Morgan fingerprint density at radius 1 is 0.632 bits per heavy atom. The van der Waals surface area contributed by atoms with Gasteiger partial charge in [0.2, 0.25) is 0 Å². The van der Waals surface area contributed by atoms with Crippen molar-refractivity contribution in [2.45, 2.75) is 104 Å². The molecule has 2 aliphatic heterocycles. The molecule has 0 spiro atoms. The lowest BCUT2D eigenvalue weighted by Gasteiger charge is -2.30. The van der Waals surface area contributed by atoms with E-state index in [0.717, 1.165) is 11.1 Å². The number of aromatic nitrogens is 2. The first kappa shape index (κ1) is 58.6. The number of amides is 2. The number of benzene rings is 2. The summed E-state index contributed by atoms with van der Waals surface area (Å²) < 4.78 is 43.4. The van der Waals surface area contributed by atoms with Gasteiger partial charge in [-0.25, -0.2) is 19.6 Å². The van der Waals surface area contributed by atoms with E-state index in [-0.39, 0.29) is 42.4 Å². The molecule has 0 aliphatic carbocycles. The van der Waals surface area contributed by atoms with Gasteiger partial charge in [-0.2, -0.15) is 0 Å². The number of hydrogen-bond donors (Lipinski definition) is 4. The van der Waals surface area contributed by atoms with Crippen LogP contribution in [0.5, 0.6) is 23.0 Å². The lowest BCUT2D eigenvalue weighted by Crippen LogP contribution is -2.47. The largest absolute Gasteiger partial charge is 0.503 e. The van der Waals surface area contributed by atoms with Crippen molar-refractivity contribution < 1.29 is 86.5 Å². The minimum absolute atomic E-state index is 0.0111.